The van der Waals surface area contributed by atoms with Crippen molar-refractivity contribution in [1.29, 1.82) is 0 Å². The summed E-state index contributed by atoms with van der Waals surface area (Å²) in [5, 5.41) is 7.15. The molecule has 1 N–H and O–H groups in total. The van der Waals surface area contributed by atoms with Gasteiger partial charge in [0.15, 0.2) is 0 Å². The molecule has 1 heterocycles. The van der Waals surface area contributed by atoms with Gasteiger partial charge >= 0.3 is 0 Å². The van der Waals surface area contributed by atoms with Gasteiger partial charge < -0.3 is 14.8 Å². The molecule has 0 saturated carbocycles. The van der Waals surface area contributed by atoms with Gasteiger partial charge in [0, 0.05) is 19.3 Å². The highest BCUT2D eigenvalue weighted by molar-refractivity contribution is 5.96. The molecule has 1 amide bonds. The smallest absolute Gasteiger partial charge is 0.258 e. The van der Waals surface area contributed by atoms with Gasteiger partial charge in [-0.25, -0.2) is 0 Å². The number of carbonyl (C=O) groups excluding carboxylic acids is 1. The lowest BCUT2D eigenvalue weighted by Gasteiger charge is -2.06. The normalized spacial score (nSPS) is 10.4. The molecule has 0 saturated heterocycles. The summed E-state index contributed by atoms with van der Waals surface area (Å²) in [5.41, 5.74) is 1.61. The van der Waals surface area contributed by atoms with Gasteiger partial charge in [0.1, 0.15) is 11.3 Å². The fourth-order valence-corrected chi connectivity index (χ4v) is 2.17. The maximum Gasteiger partial charge on any atom is 0.258 e. The Bertz CT molecular complexity index is 635. The van der Waals surface area contributed by atoms with Crippen molar-refractivity contribution in [2.45, 2.75) is 26.8 Å². The Morgan fingerprint density at radius 3 is 2.61 bits per heavy atom. The standard InChI is InChI=1S/C17H23N3O3/c1-4-20-12-15(17(19-20)23-5-2)16(21)18-11-10-13-6-8-14(22-3)9-7-13/h6-9,12H,4-5,10-11H2,1-3H3,(H,18,21). The highest BCUT2D eigenvalue weighted by Crippen LogP contribution is 2.16. The summed E-state index contributed by atoms with van der Waals surface area (Å²) in [5.74, 6) is 1.05. The van der Waals surface area contributed by atoms with E-state index in [2.05, 4.69) is 10.4 Å². The SMILES string of the molecule is CCOc1nn(CC)cc1C(=O)NCCc1ccc(OC)cc1. The van der Waals surface area contributed by atoms with E-state index in [-0.39, 0.29) is 5.91 Å². The van der Waals surface area contributed by atoms with E-state index in [1.54, 1.807) is 18.0 Å². The van der Waals surface area contributed by atoms with Gasteiger partial charge in [0.05, 0.1) is 13.7 Å². The van der Waals surface area contributed by atoms with Gasteiger partial charge in [-0.05, 0) is 38.0 Å². The number of amides is 1. The van der Waals surface area contributed by atoms with Crippen LogP contribution in [0.2, 0.25) is 0 Å². The Balaban J connectivity index is 1.92. The van der Waals surface area contributed by atoms with Crippen molar-refractivity contribution in [2.75, 3.05) is 20.3 Å². The number of nitrogens with one attached hydrogen (secondary N) is 1. The van der Waals surface area contributed by atoms with Crippen LogP contribution in [0.4, 0.5) is 0 Å². The first-order chi connectivity index (χ1) is 11.2. The molecule has 0 radical (unpaired) electrons. The average molecular weight is 317 g/mol. The van der Waals surface area contributed by atoms with Crippen LogP contribution in [0.1, 0.15) is 29.8 Å². The zero-order chi connectivity index (χ0) is 16.7. The molecule has 0 atom stereocenters. The molecule has 0 spiro atoms. The van der Waals surface area contributed by atoms with Crippen LogP contribution in [0.3, 0.4) is 0 Å². The minimum atomic E-state index is -0.165. The predicted molar refractivity (Wildman–Crippen MR) is 88.1 cm³/mol. The fraction of sp³-hybridized carbons (Fsp3) is 0.412. The van der Waals surface area contributed by atoms with Crippen LogP contribution in [-0.4, -0.2) is 35.9 Å². The van der Waals surface area contributed by atoms with E-state index in [0.29, 0.717) is 31.1 Å². The maximum absolute atomic E-state index is 12.3. The van der Waals surface area contributed by atoms with Crippen molar-refractivity contribution >= 4 is 5.91 Å². The monoisotopic (exact) mass is 317 g/mol. The molecule has 2 aromatic rings. The third-order valence-electron chi connectivity index (χ3n) is 3.44. The molecule has 2 rings (SSSR count). The zero-order valence-corrected chi connectivity index (χ0v) is 13.8. The van der Waals surface area contributed by atoms with Gasteiger partial charge in [-0.1, -0.05) is 12.1 Å². The number of carbonyl (C=O) groups is 1. The molecule has 6 heteroatoms. The van der Waals surface area contributed by atoms with E-state index in [0.717, 1.165) is 17.7 Å². The van der Waals surface area contributed by atoms with E-state index in [1.807, 2.05) is 38.1 Å². The molecule has 0 aliphatic rings. The van der Waals surface area contributed by atoms with Gasteiger partial charge in [0.25, 0.3) is 5.91 Å². The van der Waals surface area contributed by atoms with Gasteiger partial charge in [-0.2, -0.15) is 0 Å². The highest BCUT2D eigenvalue weighted by Gasteiger charge is 2.16. The van der Waals surface area contributed by atoms with Crippen LogP contribution >= 0.6 is 0 Å². The van der Waals surface area contributed by atoms with E-state index < -0.39 is 0 Å². The number of aryl methyl sites for hydroxylation is 1. The van der Waals surface area contributed by atoms with E-state index in [1.165, 1.54) is 0 Å². The number of benzene rings is 1. The third-order valence-corrected chi connectivity index (χ3v) is 3.44. The first kappa shape index (κ1) is 16.9. The number of rotatable bonds is 8. The summed E-state index contributed by atoms with van der Waals surface area (Å²) in [4.78, 5) is 12.3. The summed E-state index contributed by atoms with van der Waals surface area (Å²) in [6.45, 7) is 5.56. The van der Waals surface area contributed by atoms with Crippen molar-refractivity contribution < 1.29 is 14.3 Å². The second kappa shape index (κ2) is 8.22. The first-order valence-electron chi connectivity index (χ1n) is 7.79. The van der Waals surface area contributed by atoms with Crippen molar-refractivity contribution in [2.24, 2.45) is 0 Å². The Hall–Kier alpha value is -2.50. The second-order valence-electron chi connectivity index (χ2n) is 4.99. The van der Waals surface area contributed by atoms with Gasteiger partial charge in [0.2, 0.25) is 5.88 Å². The maximum atomic E-state index is 12.3. The summed E-state index contributed by atoms with van der Waals surface area (Å²) >= 11 is 0. The van der Waals surface area contributed by atoms with Crippen molar-refractivity contribution in [1.82, 2.24) is 15.1 Å². The van der Waals surface area contributed by atoms with Crippen LogP contribution in [0.15, 0.2) is 30.5 Å². The molecule has 0 bridgehead atoms. The van der Waals surface area contributed by atoms with Crippen LogP contribution < -0.4 is 14.8 Å². The number of nitrogens with zero attached hydrogens (tertiary/aromatic N) is 2. The lowest BCUT2D eigenvalue weighted by molar-refractivity contribution is 0.0950. The lowest BCUT2D eigenvalue weighted by atomic mass is 10.1. The number of aromatic nitrogens is 2. The van der Waals surface area contributed by atoms with Crippen LogP contribution in [0, 0.1) is 0 Å². The molecule has 0 fully saturated rings. The highest BCUT2D eigenvalue weighted by atomic mass is 16.5. The zero-order valence-electron chi connectivity index (χ0n) is 13.8. The minimum Gasteiger partial charge on any atom is -0.497 e. The van der Waals surface area contributed by atoms with Crippen LogP contribution in [-0.2, 0) is 13.0 Å². The minimum absolute atomic E-state index is 0.165. The number of ether oxygens (including phenoxy) is 2. The molecule has 0 aliphatic carbocycles. The molecule has 0 aliphatic heterocycles. The predicted octanol–water partition coefficient (Wildman–Crippen LogP) is 2.28. The molecule has 124 valence electrons. The summed E-state index contributed by atoms with van der Waals surface area (Å²) in [6.07, 6.45) is 2.47. The van der Waals surface area contributed by atoms with E-state index in [4.69, 9.17) is 9.47 Å². The summed E-state index contributed by atoms with van der Waals surface area (Å²) < 4.78 is 12.2. The molecule has 0 unspecified atom stereocenters. The van der Waals surface area contributed by atoms with Crippen molar-refractivity contribution in [3.05, 3.63) is 41.6 Å². The van der Waals surface area contributed by atoms with Crippen LogP contribution in [0.5, 0.6) is 11.6 Å². The van der Waals surface area contributed by atoms with Crippen molar-refractivity contribution in [3.8, 4) is 11.6 Å². The Labute approximate surface area is 136 Å². The second-order valence-corrected chi connectivity index (χ2v) is 4.99. The quantitative estimate of drug-likeness (QED) is 0.811. The number of hydrogen-bond acceptors (Lipinski definition) is 4. The van der Waals surface area contributed by atoms with Gasteiger partial charge in [-0.3, -0.25) is 9.48 Å². The largest absolute Gasteiger partial charge is 0.497 e. The van der Waals surface area contributed by atoms with Crippen molar-refractivity contribution in [3.63, 3.8) is 0 Å². The van der Waals surface area contributed by atoms with E-state index in [9.17, 15) is 4.79 Å². The first-order valence-corrected chi connectivity index (χ1v) is 7.79. The molecule has 6 nitrogen and oxygen atoms in total. The number of hydrogen-bond donors (Lipinski definition) is 1. The fourth-order valence-electron chi connectivity index (χ4n) is 2.17. The molecular formula is C17H23N3O3. The average Bonchev–Trinajstić information content (AvgIpc) is 2.99. The third kappa shape index (κ3) is 4.48. The topological polar surface area (TPSA) is 65.4 Å². The molecule has 1 aromatic heterocycles. The molecular weight excluding hydrogens is 294 g/mol. The Morgan fingerprint density at radius 2 is 2.00 bits per heavy atom. The van der Waals surface area contributed by atoms with E-state index >= 15 is 0 Å². The molecule has 23 heavy (non-hydrogen) atoms. The summed E-state index contributed by atoms with van der Waals surface area (Å²) in [7, 11) is 1.64. The Morgan fingerprint density at radius 1 is 1.26 bits per heavy atom. The Kier molecular flexibility index (Phi) is 6.02. The lowest BCUT2D eigenvalue weighted by Crippen LogP contribution is -2.25. The number of methoxy groups -OCH3 is 1. The van der Waals surface area contributed by atoms with Gasteiger partial charge in [-0.15, -0.1) is 5.10 Å². The molecule has 1 aromatic carbocycles. The summed E-state index contributed by atoms with van der Waals surface area (Å²) in [6, 6.07) is 7.81. The van der Waals surface area contributed by atoms with Crippen LogP contribution in [0.25, 0.3) is 0 Å².